The summed E-state index contributed by atoms with van der Waals surface area (Å²) < 4.78 is 51.7. The highest BCUT2D eigenvalue weighted by Gasteiger charge is 2.27. The van der Waals surface area contributed by atoms with Gasteiger partial charge in [-0.25, -0.2) is 17.6 Å². The molecule has 3 aromatic carbocycles. The number of halogens is 1. The molecule has 0 atom stereocenters. The molecule has 0 fully saturated rings. The van der Waals surface area contributed by atoms with Crippen LogP contribution in [0.2, 0.25) is 0 Å². The summed E-state index contributed by atoms with van der Waals surface area (Å²) in [6.45, 7) is 5.31. The van der Waals surface area contributed by atoms with E-state index in [-0.39, 0.29) is 22.8 Å². The van der Waals surface area contributed by atoms with E-state index in [1.807, 2.05) is 6.92 Å². The van der Waals surface area contributed by atoms with Crippen molar-refractivity contribution in [2.45, 2.75) is 25.7 Å². The van der Waals surface area contributed by atoms with E-state index in [2.05, 4.69) is 5.32 Å². The smallest absolute Gasteiger partial charge is 0.338 e. The summed E-state index contributed by atoms with van der Waals surface area (Å²) in [5.41, 5.74) is 1.48. The van der Waals surface area contributed by atoms with Crippen LogP contribution in [0, 0.1) is 12.7 Å². The van der Waals surface area contributed by atoms with E-state index in [0.717, 1.165) is 28.6 Å². The van der Waals surface area contributed by atoms with Crippen LogP contribution in [0.5, 0.6) is 5.75 Å². The molecule has 0 radical (unpaired) electrons. The third-order valence-corrected chi connectivity index (χ3v) is 6.94. The van der Waals surface area contributed by atoms with Gasteiger partial charge in [-0.1, -0.05) is 6.07 Å². The number of nitrogens with one attached hydrogen (secondary N) is 1. The summed E-state index contributed by atoms with van der Waals surface area (Å²) >= 11 is 0. The molecule has 0 saturated carbocycles. The number of sulfonamides is 1. The van der Waals surface area contributed by atoms with Crippen molar-refractivity contribution < 1.29 is 31.9 Å². The fourth-order valence-electron chi connectivity index (χ4n) is 3.34. The number of nitrogens with zero attached hydrogens (tertiary/aromatic N) is 1. The Hall–Kier alpha value is -3.92. The zero-order valence-corrected chi connectivity index (χ0v) is 21.0. The Kier molecular flexibility index (Phi) is 8.65. The first kappa shape index (κ1) is 26.7. The summed E-state index contributed by atoms with van der Waals surface area (Å²) in [7, 11) is -4.23. The van der Waals surface area contributed by atoms with Crippen molar-refractivity contribution in [3.8, 4) is 5.75 Å². The molecule has 0 heterocycles. The summed E-state index contributed by atoms with van der Waals surface area (Å²) in [4.78, 5) is 24.9. The van der Waals surface area contributed by atoms with Crippen LogP contribution in [0.3, 0.4) is 0 Å². The molecule has 0 unspecified atom stereocenters. The van der Waals surface area contributed by atoms with Crippen LogP contribution < -0.4 is 14.4 Å². The number of benzene rings is 3. The number of amides is 1. The molecule has 0 saturated heterocycles. The number of esters is 1. The van der Waals surface area contributed by atoms with Crippen molar-refractivity contribution in [3.63, 3.8) is 0 Å². The van der Waals surface area contributed by atoms with Crippen LogP contribution in [0.25, 0.3) is 0 Å². The predicted molar refractivity (Wildman–Crippen MR) is 134 cm³/mol. The van der Waals surface area contributed by atoms with Gasteiger partial charge in [-0.15, -0.1) is 0 Å². The standard InChI is InChI=1S/C26H27FN2O6S/c1-4-34-22-12-10-21(11-13-22)29(36(32,33)23-14-8-20(27)9-15-23)17-25(30)28-24-16-19(7-6-18(24)3)26(31)35-5-2/h6-16H,4-5,17H2,1-3H3,(H,28,30). The lowest BCUT2D eigenvalue weighted by Crippen LogP contribution is -2.38. The maximum absolute atomic E-state index is 13.5. The van der Waals surface area contributed by atoms with Crippen LogP contribution in [0.15, 0.2) is 71.6 Å². The first-order chi connectivity index (χ1) is 17.1. The average Bonchev–Trinajstić information content (AvgIpc) is 2.85. The first-order valence-electron chi connectivity index (χ1n) is 11.2. The van der Waals surface area contributed by atoms with Gasteiger partial charge in [0.2, 0.25) is 5.91 Å². The van der Waals surface area contributed by atoms with Gasteiger partial charge >= 0.3 is 5.97 Å². The zero-order valence-electron chi connectivity index (χ0n) is 20.2. The number of rotatable bonds is 10. The second kappa shape index (κ2) is 11.7. The average molecular weight is 515 g/mol. The van der Waals surface area contributed by atoms with Crippen LogP contribution in [-0.4, -0.2) is 40.1 Å². The fourth-order valence-corrected chi connectivity index (χ4v) is 4.76. The Balaban J connectivity index is 1.93. The number of aryl methyl sites for hydroxylation is 1. The lowest BCUT2D eigenvalue weighted by Gasteiger charge is -2.24. The van der Waals surface area contributed by atoms with Gasteiger partial charge in [-0.3, -0.25) is 9.10 Å². The molecule has 3 rings (SSSR count). The lowest BCUT2D eigenvalue weighted by molar-refractivity contribution is -0.114. The summed E-state index contributed by atoms with van der Waals surface area (Å²) in [6.07, 6.45) is 0. The lowest BCUT2D eigenvalue weighted by atomic mass is 10.1. The third kappa shape index (κ3) is 6.39. The zero-order chi connectivity index (χ0) is 26.3. The van der Waals surface area contributed by atoms with E-state index >= 15 is 0 Å². The minimum Gasteiger partial charge on any atom is -0.494 e. The number of carbonyl (C=O) groups excluding carboxylic acids is 2. The van der Waals surface area contributed by atoms with Crippen molar-refractivity contribution in [2.24, 2.45) is 0 Å². The van der Waals surface area contributed by atoms with Crippen LogP contribution in [0.4, 0.5) is 15.8 Å². The van der Waals surface area contributed by atoms with Gasteiger partial charge in [0, 0.05) is 5.69 Å². The van der Waals surface area contributed by atoms with E-state index in [4.69, 9.17) is 9.47 Å². The SMILES string of the molecule is CCOC(=O)c1ccc(C)c(NC(=O)CN(c2ccc(OCC)cc2)S(=O)(=O)c2ccc(F)cc2)c1. The number of hydrogen-bond acceptors (Lipinski definition) is 6. The number of anilines is 2. The number of ether oxygens (including phenoxy) is 2. The molecule has 3 aromatic rings. The molecule has 0 aliphatic rings. The van der Waals surface area contributed by atoms with E-state index in [9.17, 15) is 22.4 Å². The summed E-state index contributed by atoms with van der Waals surface area (Å²) in [6, 6.07) is 15.3. The first-order valence-corrected chi connectivity index (χ1v) is 12.7. The van der Waals surface area contributed by atoms with Crippen LogP contribution >= 0.6 is 0 Å². The van der Waals surface area contributed by atoms with E-state index in [0.29, 0.717) is 23.6 Å². The topological polar surface area (TPSA) is 102 Å². The van der Waals surface area contributed by atoms with Gasteiger partial charge in [0.15, 0.2) is 0 Å². The molecule has 1 amide bonds. The van der Waals surface area contributed by atoms with Crippen LogP contribution in [0.1, 0.15) is 29.8 Å². The highest BCUT2D eigenvalue weighted by Crippen LogP contribution is 2.26. The molecule has 0 aliphatic heterocycles. The van der Waals surface area contributed by atoms with Crippen molar-refractivity contribution in [3.05, 3.63) is 83.7 Å². The number of hydrogen-bond donors (Lipinski definition) is 1. The third-order valence-electron chi connectivity index (χ3n) is 5.15. The van der Waals surface area contributed by atoms with Crippen LogP contribution in [-0.2, 0) is 19.6 Å². The van der Waals surface area contributed by atoms with Gasteiger partial charge in [0.05, 0.1) is 29.4 Å². The molecule has 0 bridgehead atoms. The fraction of sp³-hybridized carbons (Fsp3) is 0.231. The predicted octanol–water partition coefficient (Wildman–Crippen LogP) is 4.54. The second-order valence-corrected chi connectivity index (χ2v) is 9.55. The Morgan fingerprint density at radius 1 is 0.944 bits per heavy atom. The molecule has 0 aliphatic carbocycles. The van der Waals surface area contributed by atoms with Gasteiger partial charge < -0.3 is 14.8 Å². The molecule has 1 N–H and O–H groups in total. The maximum Gasteiger partial charge on any atom is 0.338 e. The van der Waals surface area contributed by atoms with Crippen molar-refractivity contribution in [1.82, 2.24) is 0 Å². The molecule has 0 aromatic heterocycles. The molecule has 0 spiro atoms. The van der Waals surface area contributed by atoms with Gasteiger partial charge in [0.25, 0.3) is 10.0 Å². The Morgan fingerprint density at radius 3 is 2.22 bits per heavy atom. The quantitative estimate of drug-likeness (QED) is 0.399. The summed E-state index contributed by atoms with van der Waals surface area (Å²) in [5.74, 6) is -1.23. The molecule has 190 valence electrons. The molecular formula is C26H27FN2O6S. The van der Waals surface area contributed by atoms with E-state index in [1.165, 1.54) is 18.2 Å². The monoisotopic (exact) mass is 514 g/mol. The molecular weight excluding hydrogens is 487 g/mol. The normalized spacial score (nSPS) is 11.0. The number of carbonyl (C=O) groups is 2. The highest BCUT2D eigenvalue weighted by atomic mass is 32.2. The Bertz CT molecular complexity index is 1330. The summed E-state index contributed by atoms with van der Waals surface area (Å²) in [5, 5.41) is 2.67. The molecule has 36 heavy (non-hydrogen) atoms. The van der Waals surface area contributed by atoms with Crippen molar-refractivity contribution >= 4 is 33.3 Å². The van der Waals surface area contributed by atoms with Gasteiger partial charge in [-0.2, -0.15) is 0 Å². The molecule has 10 heteroatoms. The second-order valence-electron chi connectivity index (χ2n) is 7.69. The minimum atomic E-state index is -4.23. The van der Waals surface area contributed by atoms with Crippen molar-refractivity contribution in [2.75, 3.05) is 29.4 Å². The minimum absolute atomic E-state index is 0.175. The highest BCUT2D eigenvalue weighted by molar-refractivity contribution is 7.92. The van der Waals surface area contributed by atoms with Gasteiger partial charge in [-0.05, 0) is 87.0 Å². The Morgan fingerprint density at radius 2 is 1.61 bits per heavy atom. The van der Waals surface area contributed by atoms with E-state index in [1.54, 1.807) is 38.1 Å². The maximum atomic E-state index is 13.5. The van der Waals surface area contributed by atoms with E-state index < -0.39 is 34.3 Å². The van der Waals surface area contributed by atoms with Crippen molar-refractivity contribution in [1.29, 1.82) is 0 Å². The van der Waals surface area contributed by atoms with Gasteiger partial charge in [0.1, 0.15) is 18.1 Å². The molecule has 8 nitrogen and oxygen atoms in total. The Labute approximate surface area is 209 Å². The largest absolute Gasteiger partial charge is 0.494 e.